The fourth-order valence-electron chi connectivity index (χ4n) is 3.13. The van der Waals surface area contributed by atoms with Crippen molar-refractivity contribution in [1.82, 2.24) is 30.1 Å². The van der Waals surface area contributed by atoms with Crippen molar-refractivity contribution in [1.29, 1.82) is 0 Å². The summed E-state index contributed by atoms with van der Waals surface area (Å²) in [4.78, 5) is 8.25. The van der Waals surface area contributed by atoms with Crippen LogP contribution in [0.4, 0.5) is 13.2 Å². The predicted molar refractivity (Wildman–Crippen MR) is 105 cm³/mol. The zero-order valence-electron chi connectivity index (χ0n) is 16.1. The van der Waals surface area contributed by atoms with E-state index in [2.05, 4.69) is 30.8 Å². The molecule has 3 rings (SSSR count). The number of halogens is 3. The Bertz CT molecular complexity index is 969. The summed E-state index contributed by atoms with van der Waals surface area (Å²) < 4.78 is 61.5. The molecule has 1 saturated heterocycles. The first-order valence-electron chi connectivity index (χ1n) is 9.19. The van der Waals surface area contributed by atoms with Gasteiger partial charge in [-0.1, -0.05) is 18.2 Å². The smallest absolute Gasteiger partial charge is 0.354 e. The maximum atomic E-state index is 12.7. The van der Waals surface area contributed by atoms with Crippen LogP contribution in [-0.2, 0) is 16.6 Å². The van der Waals surface area contributed by atoms with Crippen molar-refractivity contribution < 1.29 is 21.6 Å². The first kappa shape index (κ1) is 22.0. The van der Waals surface area contributed by atoms with E-state index in [-0.39, 0.29) is 32.0 Å². The zero-order valence-corrected chi connectivity index (χ0v) is 17.0. The molecule has 0 atom stereocenters. The molecule has 1 aliphatic heterocycles. The first-order valence-corrected chi connectivity index (χ1v) is 10.6. The van der Waals surface area contributed by atoms with Crippen molar-refractivity contribution in [3.8, 4) is 11.4 Å². The standard InChI is InChI=1S/C17H22F3N7O2S/c1-21-16(22-10-12-3-2-4-13(9-12)15-23-11-24-26-15)25-14-5-7-27(8-6-14)30(28,29)17(18,19)20/h2-4,9,11,14H,5-8,10H2,1H3,(H2,21,22,25)(H,23,24,26). The molecule has 3 N–H and O–H groups in total. The minimum atomic E-state index is -5.28. The number of rotatable bonds is 5. The molecule has 30 heavy (non-hydrogen) atoms. The number of aromatic nitrogens is 3. The molecule has 0 aliphatic carbocycles. The van der Waals surface area contributed by atoms with E-state index >= 15 is 0 Å². The Balaban J connectivity index is 1.52. The van der Waals surface area contributed by atoms with Crippen LogP contribution >= 0.6 is 0 Å². The van der Waals surface area contributed by atoms with E-state index in [0.29, 0.717) is 22.6 Å². The number of aliphatic imine (C=N–C) groups is 1. The van der Waals surface area contributed by atoms with Gasteiger partial charge in [0.1, 0.15) is 6.33 Å². The molecule has 164 valence electrons. The molecule has 9 nitrogen and oxygen atoms in total. The van der Waals surface area contributed by atoms with E-state index in [9.17, 15) is 21.6 Å². The van der Waals surface area contributed by atoms with Gasteiger partial charge in [0.25, 0.3) is 0 Å². The average molecular weight is 445 g/mol. The molecule has 2 aromatic rings. The van der Waals surface area contributed by atoms with Crippen LogP contribution in [0.2, 0.25) is 0 Å². The highest BCUT2D eigenvalue weighted by atomic mass is 32.2. The van der Waals surface area contributed by atoms with Crippen molar-refractivity contribution in [2.24, 2.45) is 4.99 Å². The molecule has 0 bridgehead atoms. The second-order valence-electron chi connectivity index (χ2n) is 6.73. The third kappa shape index (κ3) is 5.08. The molecule has 1 fully saturated rings. The number of sulfonamides is 1. The van der Waals surface area contributed by atoms with Crippen molar-refractivity contribution in [2.75, 3.05) is 20.1 Å². The quantitative estimate of drug-likeness (QED) is 0.474. The van der Waals surface area contributed by atoms with Crippen molar-refractivity contribution in [2.45, 2.75) is 30.9 Å². The highest BCUT2D eigenvalue weighted by molar-refractivity contribution is 7.90. The zero-order chi connectivity index (χ0) is 21.8. The minimum Gasteiger partial charge on any atom is -0.354 e. The number of alkyl halides is 3. The molecule has 0 amide bonds. The highest BCUT2D eigenvalue weighted by Gasteiger charge is 2.50. The molecule has 1 aromatic heterocycles. The lowest BCUT2D eigenvalue weighted by atomic mass is 10.1. The van der Waals surface area contributed by atoms with Gasteiger partial charge in [0.2, 0.25) is 0 Å². The number of aromatic amines is 1. The molecule has 0 saturated carbocycles. The lowest BCUT2D eigenvalue weighted by molar-refractivity contribution is -0.0494. The number of H-pyrrole nitrogens is 1. The van der Waals surface area contributed by atoms with Gasteiger partial charge >= 0.3 is 15.5 Å². The van der Waals surface area contributed by atoms with Crippen LogP contribution in [0.1, 0.15) is 18.4 Å². The Morgan fingerprint density at radius 1 is 1.33 bits per heavy atom. The summed E-state index contributed by atoms with van der Waals surface area (Å²) in [6, 6.07) is 7.49. The summed E-state index contributed by atoms with van der Waals surface area (Å²) in [5, 5.41) is 12.9. The number of nitrogens with one attached hydrogen (secondary N) is 3. The molecule has 13 heteroatoms. The van der Waals surface area contributed by atoms with Crippen LogP contribution < -0.4 is 10.6 Å². The maximum Gasteiger partial charge on any atom is 0.511 e. The largest absolute Gasteiger partial charge is 0.511 e. The molecule has 0 radical (unpaired) electrons. The van der Waals surface area contributed by atoms with Gasteiger partial charge in [-0.25, -0.2) is 13.4 Å². The third-order valence-corrected chi connectivity index (χ3v) is 6.36. The van der Waals surface area contributed by atoms with Gasteiger partial charge in [0.15, 0.2) is 11.8 Å². The number of piperidine rings is 1. The van der Waals surface area contributed by atoms with Crippen molar-refractivity contribution in [3.05, 3.63) is 36.2 Å². The van der Waals surface area contributed by atoms with E-state index in [1.54, 1.807) is 7.05 Å². The minimum absolute atomic E-state index is 0.184. The van der Waals surface area contributed by atoms with Crippen LogP contribution in [0.3, 0.4) is 0 Å². The monoisotopic (exact) mass is 445 g/mol. The van der Waals surface area contributed by atoms with Gasteiger partial charge in [-0.3, -0.25) is 10.1 Å². The molecule has 0 unspecified atom stereocenters. The predicted octanol–water partition coefficient (Wildman–Crippen LogP) is 1.45. The lowest BCUT2D eigenvalue weighted by Crippen LogP contribution is -2.51. The Kier molecular flexibility index (Phi) is 6.61. The van der Waals surface area contributed by atoms with Gasteiger partial charge < -0.3 is 10.6 Å². The van der Waals surface area contributed by atoms with E-state index in [1.165, 1.54) is 6.33 Å². The normalized spacial score (nSPS) is 17.1. The first-order chi connectivity index (χ1) is 14.2. The van der Waals surface area contributed by atoms with Gasteiger partial charge in [-0.15, -0.1) is 0 Å². The van der Waals surface area contributed by atoms with Gasteiger partial charge in [-0.2, -0.15) is 22.6 Å². The summed E-state index contributed by atoms with van der Waals surface area (Å²) >= 11 is 0. The molecule has 1 aliphatic rings. The summed E-state index contributed by atoms with van der Waals surface area (Å²) in [5.41, 5.74) is -3.42. The summed E-state index contributed by atoms with van der Waals surface area (Å²) in [6.45, 7) is 0.0639. The molecular formula is C17H22F3N7O2S. The highest BCUT2D eigenvalue weighted by Crippen LogP contribution is 2.28. The van der Waals surface area contributed by atoms with Gasteiger partial charge in [-0.05, 0) is 24.5 Å². The van der Waals surface area contributed by atoms with Crippen LogP contribution in [-0.4, -0.2) is 65.6 Å². The van der Waals surface area contributed by atoms with Crippen molar-refractivity contribution in [3.63, 3.8) is 0 Å². The topological polar surface area (TPSA) is 115 Å². The number of nitrogens with zero attached hydrogens (tertiary/aromatic N) is 4. The van der Waals surface area contributed by atoms with Crippen LogP contribution in [0.15, 0.2) is 35.6 Å². The Labute approximate surface area is 171 Å². The Morgan fingerprint density at radius 2 is 2.07 bits per heavy atom. The van der Waals surface area contributed by atoms with Crippen molar-refractivity contribution >= 4 is 16.0 Å². The van der Waals surface area contributed by atoms with Gasteiger partial charge in [0.05, 0.1) is 0 Å². The summed E-state index contributed by atoms with van der Waals surface area (Å²) in [5.74, 6) is 1.14. The maximum absolute atomic E-state index is 12.7. The van der Waals surface area contributed by atoms with Crippen LogP contribution in [0, 0.1) is 0 Å². The van der Waals surface area contributed by atoms with E-state index in [4.69, 9.17) is 0 Å². The SMILES string of the molecule is CN=C(NCc1cccc(-c2ncn[nH]2)c1)NC1CCN(S(=O)(=O)C(F)(F)F)CC1. The number of benzene rings is 1. The lowest BCUT2D eigenvalue weighted by Gasteiger charge is -2.32. The number of guanidine groups is 1. The number of hydrogen-bond donors (Lipinski definition) is 3. The average Bonchev–Trinajstić information content (AvgIpc) is 3.26. The number of hydrogen-bond acceptors (Lipinski definition) is 5. The molecule has 1 aromatic carbocycles. The molecule has 2 heterocycles. The summed E-state index contributed by atoms with van der Waals surface area (Å²) in [7, 11) is -3.69. The van der Waals surface area contributed by atoms with E-state index in [1.807, 2.05) is 24.3 Å². The fourth-order valence-corrected chi connectivity index (χ4v) is 4.12. The second-order valence-corrected chi connectivity index (χ2v) is 8.66. The third-order valence-electron chi connectivity index (χ3n) is 4.73. The molecular weight excluding hydrogens is 423 g/mol. The summed E-state index contributed by atoms with van der Waals surface area (Å²) in [6.07, 6.45) is 1.92. The Morgan fingerprint density at radius 3 is 2.67 bits per heavy atom. The molecule has 0 spiro atoms. The fraction of sp³-hybridized carbons (Fsp3) is 0.471. The van der Waals surface area contributed by atoms with Crippen LogP contribution in [0.5, 0.6) is 0 Å². The van der Waals surface area contributed by atoms with E-state index in [0.717, 1.165) is 11.1 Å². The Hall–Kier alpha value is -2.67. The van der Waals surface area contributed by atoms with E-state index < -0.39 is 15.5 Å². The van der Waals surface area contributed by atoms with Gasteiger partial charge in [0, 0.05) is 38.3 Å². The second kappa shape index (κ2) is 9.00. The van der Waals surface area contributed by atoms with Crippen LogP contribution in [0.25, 0.3) is 11.4 Å².